The summed E-state index contributed by atoms with van der Waals surface area (Å²) in [5, 5.41) is 3.15. The lowest BCUT2D eigenvalue weighted by Gasteiger charge is -2.33. The van der Waals surface area contributed by atoms with E-state index in [0.717, 1.165) is 11.4 Å². The fourth-order valence-corrected chi connectivity index (χ4v) is 3.51. The zero-order valence-corrected chi connectivity index (χ0v) is 17.5. The Kier molecular flexibility index (Phi) is 5.53. The summed E-state index contributed by atoms with van der Waals surface area (Å²) in [5.41, 5.74) is 3.22. The van der Waals surface area contributed by atoms with Crippen molar-refractivity contribution < 1.29 is 19.1 Å². The molecule has 8 heteroatoms. The Labute approximate surface area is 179 Å². The summed E-state index contributed by atoms with van der Waals surface area (Å²) in [6.45, 7) is 3.81. The highest BCUT2D eigenvalue weighted by Gasteiger charge is 2.35. The molecule has 0 fully saturated rings. The number of carbonyl (C=O) groups excluding carboxylic acids is 2. The van der Waals surface area contributed by atoms with Crippen LogP contribution in [0.3, 0.4) is 0 Å². The third kappa shape index (κ3) is 4.18. The molecule has 0 saturated carbocycles. The van der Waals surface area contributed by atoms with Crippen LogP contribution in [0.5, 0.6) is 5.75 Å². The zero-order chi connectivity index (χ0) is 22.0. The van der Waals surface area contributed by atoms with Gasteiger partial charge >= 0.3 is 5.97 Å². The number of amides is 1. The minimum atomic E-state index is -0.910. The van der Waals surface area contributed by atoms with Gasteiger partial charge in [-0.1, -0.05) is 24.3 Å². The molecule has 4 rings (SSSR count). The first-order valence-electron chi connectivity index (χ1n) is 9.80. The number of benzene rings is 2. The van der Waals surface area contributed by atoms with E-state index in [0.29, 0.717) is 28.6 Å². The molecule has 0 radical (unpaired) electrons. The average molecular weight is 418 g/mol. The van der Waals surface area contributed by atoms with Gasteiger partial charge in [-0.25, -0.2) is 14.8 Å². The Bertz CT molecular complexity index is 1130. The standard InChI is InChI=1S/C23H22N4O4/c1-14-12-15(2)25-23(24-14)26-17-9-5-4-8-16(17)21(28)27-13-20(22(29)30-3)31-19-11-7-6-10-18(19)27/h4-12,20H,13H2,1-3H3,(H,24,25,26)/t20-/m0/s1. The van der Waals surface area contributed by atoms with Gasteiger partial charge in [-0.3, -0.25) is 4.79 Å². The maximum absolute atomic E-state index is 13.6. The molecule has 1 aromatic heterocycles. The smallest absolute Gasteiger partial charge is 0.348 e. The number of para-hydroxylation sites is 3. The molecule has 1 aliphatic rings. The van der Waals surface area contributed by atoms with Crippen molar-refractivity contribution in [1.82, 2.24) is 9.97 Å². The summed E-state index contributed by atoms with van der Waals surface area (Å²) < 4.78 is 10.6. The van der Waals surface area contributed by atoms with Crippen LogP contribution in [0.4, 0.5) is 17.3 Å². The number of ether oxygens (including phenoxy) is 2. The molecule has 0 spiro atoms. The van der Waals surface area contributed by atoms with E-state index in [9.17, 15) is 9.59 Å². The second kappa shape index (κ2) is 8.43. The van der Waals surface area contributed by atoms with Gasteiger partial charge in [-0.15, -0.1) is 0 Å². The topological polar surface area (TPSA) is 93.7 Å². The average Bonchev–Trinajstić information content (AvgIpc) is 2.77. The summed E-state index contributed by atoms with van der Waals surface area (Å²) in [6, 6.07) is 16.1. The summed E-state index contributed by atoms with van der Waals surface area (Å²) in [6.07, 6.45) is -0.910. The SMILES string of the molecule is COC(=O)[C@@H]1CN(C(=O)c2ccccc2Nc2nc(C)cc(C)n2)c2ccccc2O1. The normalized spacial score (nSPS) is 14.9. The van der Waals surface area contributed by atoms with Gasteiger partial charge in [0.25, 0.3) is 5.91 Å². The number of nitrogens with zero attached hydrogens (tertiary/aromatic N) is 3. The lowest BCUT2D eigenvalue weighted by atomic mass is 10.1. The number of hydrogen-bond donors (Lipinski definition) is 1. The molecule has 3 aromatic rings. The van der Waals surface area contributed by atoms with E-state index in [4.69, 9.17) is 9.47 Å². The quantitative estimate of drug-likeness (QED) is 0.649. The van der Waals surface area contributed by atoms with E-state index in [1.54, 1.807) is 36.4 Å². The molecule has 0 unspecified atom stereocenters. The number of fused-ring (bicyclic) bond motifs is 1. The van der Waals surface area contributed by atoms with Gasteiger partial charge in [0.05, 0.1) is 30.6 Å². The highest BCUT2D eigenvalue weighted by molar-refractivity contribution is 6.11. The summed E-state index contributed by atoms with van der Waals surface area (Å²) in [7, 11) is 1.29. The van der Waals surface area contributed by atoms with Crippen LogP contribution >= 0.6 is 0 Å². The number of carbonyl (C=O) groups is 2. The molecule has 2 aromatic carbocycles. The Morgan fingerprint density at radius 1 is 1.06 bits per heavy atom. The van der Waals surface area contributed by atoms with Crippen molar-refractivity contribution in [1.29, 1.82) is 0 Å². The van der Waals surface area contributed by atoms with Crippen LogP contribution in [0.2, 0.25) is 0 Å². The molecular weight excluding hydrogens is 396 g/mol. The van der Waals surface area contributed by atoms with Crippen LogP contribution < -0.4 is 15.0 Å². The number of methoxy groups -OCH3 is 1. The Morgan fingerprint density at radius 2 is 1.74 bits per heavy atom. The van der Waals surface area contributed by atoms with Crippen molar-refractivity contribution in [3.63, 3.8) is 0 Å². The van der Waals surface area contributed by atoms with E-state index in [1.807, 2.05) is 32.0 Å². The third-order valence-electron chi connectivity index (χ3n) is 4.87. The monoisotopic (exact) mass is 418 g/mol. The number of aromatic nitrogens is 2. The molecule has 8 nitrogen and oxygen atoms in total. The van der Waals surface area contributed by atoms with E-state index >= 15 is 0 Å². The second-order valence-corrected chi connectivity index (χ2v) is 7.16. The highest BCUT2D eigenvalue weighted by Crippen LogP contribution is 2.35. The second-order valence-electron chi connectivity index (χ2n) is 7.16. The van der Waals surface area contributed by atoms with Crippen LogP contribution in [0.25, 0.3) is 0 Å². The number of aryl methyl sites for hydroxylation is 2. The Morgan fingerprint density at radius 3 is 2.48 bits per heavy atom. The van der Waals surface area contributed by atoms with Crippen molar-refractivity contribution in [2.75, 3.05) is 23.9 Å². The summed E-state index contributed by atoms with van der Waals surface area (Å²) in [4.78, 5) is 36.1. The maximum atomic E-state index is 13.6. The van der Waals surface area contributed by atoms with Crippen LogP contribution in [-0.4, -0.2) is 41.6 Å². The molecule has 1 atom stereocenters. The largest absolute Gasteiger partial charge is 0.475 e. The molecule has 1 aliphatic heterocycles. The molecule has 0 bridgehead atoms. The third-order valence-corrected chi connectivity index (χ3v) is 4.87. The predicted octanol–water partition coefficient (Wildman–Crippen LogP) is 3.42. The zero-order valence-electron chi connectivity index (χ0n) is 17.5. The van der Waals surface area contributed by atoms with Gasteiger partial charge in [-0.05, 0) is 44.2 Å². The van der Waals surface area contributed by atoms with Gasteiger partial charge in [0, 0.05) is 11.4 Å². The van der Waals surface area contributed by atoms with Crippen LogP contribution in [0.15, 0.2) is 54.6 Å². The number of rotatable bonds is 4. The Hall–Kier alpha value is -3.94. The fraction of sp³-hybridized carbons (Fsp3) is 0.217. The van der Waals surface area contributed by atoms with Crippen molar-refractivity contribution >= 4 is 29.2 Å². The van der Waals surface area contributed by atoms with Crippen LogP contribution in [0, 0.1) is 13.8 Å². The number of esters is 1. The van der Waals surface area contributed by atoms with Gasteiger partial charge in [0.15, 0.2) is 0 Å². The van der Waals surface area contributed by atoms with Crippen molar-refractivity contribution in [3.05, 3.63) is 71.5 Å². The molecule has 0 aliphatic carbocycles. The van der Waals surface area contributed by atoms with Gasteiger partial charge in [0.2, 0.25) is 12.1 Å². The van der Waals surface area contributed by atoms with Gasteiger partial charge in [0.1, 0.15) is 5.75 Å². The number of nitrogens with one attached hydrogen (secondary N) is 1. The number of hydrogen-bond acceptors (Lipinski definition) is 7. The molecule has 2 heterocycles. The van der Waals surface area contributed by atoms with Crippen molar-refractivity contribution in [2.24, 2.45) is 0 Å². The highest BCUT2D eigenvalue weighted by atomic mass is 16.6. The van der Waals surface area contributed by atoms with Gasteiger partial charge in [-0.2, -0.15) is 0 Å². The first-order chi connectivity index (χ1) is 15.0. The molecule has 158 valence electrons. The lowest BCUT2D eigenvalue weighted by molar-refractivity contribution is -0.148. The van der Waals surface area contributed by atoms with Crippen LogP contribution in [-0.2, 0) is 9.53 Å². The van der Waals surface area contributed by atoms with Gasteiger partial charge < -0.3 is 19.7 Å². The van der Waals surface area contributed by atoms with Crippen LogP contribution in [0.1, 0.15) is 21.7 Å². The van der Waals surface area contributed by atoms with Crippen molar-refractivity contribution in [3.8, 4) is 5.75 Å². The summed E-state index contributed by atoms with van der Waals surface area (Å²) in [5.74, 6) is 0.0348. The molecule has 1 amide bonds. The van der Waals surface area contributed by atoms with Crippen molar-refractivity contribution in [2.45, 2.75) is 20.0 Å². The Balaban J connectivity index is 1.70. The molecule has 1 N–H and O–H groups in total. The molecule has 31 heavy (non-hydrogen) atoms. The number of anilines is 3. The van der Waals surface area contributed by atoms with E-state index in [2.05, 4.69) is 15.3 Å². The minimum Gasteiger partial charge on any atom is -0.475 e. The molecule has 0 saturated heterocycles. The summed E-state index contributed by atoms with van der Waals surface area (Å²) >= 11 is 0. The minimum absolute atomic E-state index is 0.0386. The fourth-order valence-electron chi connectivity index (χ4n) is 3.51. The predicted molar refractivity (Wildman–Crippen MR) is 116 cm³/mol. The molecular formula is C23H22N4O4. The van der Waals surface area contributed by atoms with E-state index in [-0.39, 0.29) is 12.5 Å². The first kappa shape index (κ1) is 20.3. The first-order valence-corrected chi connectivity index (χ1v) is 9.80. The maximum Gasteiger partial charge on any atom is 0.348 e. The van der Waals surface area contributed by atoms with E-state index < -0.39 is 12.1 Å². The lowest BCUT2D eigenvalue weighted by Crippen LogP contribution is -2.47. The van der Waals surface area contributed by atoms with E-state index in [1.165, 1.54) is 12.0 Å².